The highest BCUT2D eigenvalue weighted by Gasteiger charge is 2.36. The minimum absolute atomic E-state index is 0.00916. The molecule has 0 unspecified atom stereocenters. The van der Waals surface area contributed by atoms with E-state index in [9.17, 15) is 18.0 Å². The van der Waals surface area contributed by atoms with Crippen molar-refractivity contribution in [2.75, 3.05) is 30.0 Å². The fraction of sp³-hybridized carbons (Fsp3) is 0.364. The number of benzene rings is 1. The van der Waals surface area contributed by atoms with Crippen LogP contribution in [0.3, 0.4) is 0 Å². The smallest absolute Gasteiger partial charge is 0.370 e. The van der Waals surface area contributed by atoms with Gasteiger partial charge in [-0.2, -0.15) is 18.3 Å². The molecule has 1 amide bonds. The van der Waals surface area contributed by atoms with Crippen molar-refractivity contribution in [2.45, 2.75) is 32.1 Å². The van der Waals surface area contributed by atoms with Gasteiger partial charge in [0.1, 0.15) is 12.2 Å². The van der Waals surface area contributed by atoms with Crippen molar-refractivity contribution in [1.82, 2.24) is 19.7 Å². The number of morpholine rings is 1. The number of aromatic nitrogens is 4. The zero-order valence-corrected chi connectivity index (χ0v) is 18.6. The predicted molar refractivity (Wildman–Crippen MR) is 119 cm³/mol. The topological polar surface area (TPSA) is 111 Å². The highest BCUT2D eigenvalue weighted by atomic mass is 19.4. The third-order valence-electron chi connectivity index (χ3n) is 4.99. The van der Waals surface area contributed by atoms with Crippen LogP contribution in [0, 0.1) is 0 Å². The minimum Gasteiger partial charge on any atom is -0.370 e. The lowest BCUT2D eigenvalue weighted by molar-refractivity contribution is -0.137. The molecule has 0 aliphatic carbocycles. The molecule has 3 N–H and O–H groups in total. The molecule has 2 aromatic heterocycles. The molecule has 0 spiro atoms. The highest BCUT2D eigenvalue weighted by Crippen LogP contribution is 2.36. The SMILES string of the molecule is CC(C)(N)Cn1cc(-c2nc(Nc3ccc(N4CCOCC4=O)cc3)ncc2C(F)(F)F)cn1. The van der Waals surface area contributed by atoms with E-state index in [1.54, 1.807) is 43.0 Å². The quantitative estimate of drug-likeness (QED) is 0.563. The number of halogens is 3. The second-order valence-electron chi connectivity index (χ2n) is 8.64. The molecule has 1 aliphatic heterocycles. The molecule has 0 radical (unpaired) electrons. The zero-order valence-electron chi connectivity index (χ0n) is 18.6. The highest BCUT2D eigenvalue weighted by molar-refractivity contribution is 5.95. The molecular weight excluding hydrogens is 451 g/mol. The molecule has 1 saturated heterocycles. The molecule has 3 aromatic rings. The van der Waals surface area contributed by atoms with Gasteiger partial charge < -0.3 is 20.7 Å². The first-order chi connectivity index (χ1) is 16.0. The largest absolute Gasteiger partial charge is 0.419 e. The maximum absolute atomic E-state index is 13.6. The van der Waals surface area contributed by atoms with Crippen LogP contribution in [-0.4, -0.2) is 51.0 Å². The van der Waals surface area contributed by atoms with E-state index in [0.29, 0.717) is 31.1 Å². The van der Waals surface area contributed by atoms with Gasteiger partial charge in [0.15, 0.2) is 0 Å². The Morgan fingerprint density at radius 2 is 1.91 bits per heavy atom. The van der Waals surface area contributed by atoms with Crippen molar-refractivity contribution in [2.24, 2.45) is 5.73 Å². The first-order valence-electron chi connectivity index (χ1n) is 10.5. The van der Waals surface area contributed by atoms with Crippen LogP contribution in [0.2, 0.25) is 0 Å². The van der Waals surface area contributed by atoms with Gasteiger partial charge in [-0.1, -0.05) is 0 Å². The van der Waals surface area contributed by atoms with Crippen LogP contribution in [-0.2, 0) is 22.3 Å². The Morgan fingerprint density at radius 3 is 2.56 bits per heavy atom. The average Bonchev–Trinajstić information content (AvgIpc) is 3.21. The minimum atomic E-state index is -4.64. The van der Waals surface area contributed by atoms with Crippen molar-refractivity contribution in [1.29, 1.82) is 0 Å². The number of ether oxygens (including phenoxy) is 1. The molecule has 4 rings (SSSR count). The maximum atomic E-state index is 13.6. The monoisotopic (exact) mass is 475 g/mol. The molecule has 1 aromatic carbocycles. The summed E-state index contributed by atoms with van der Waals surface area (Å²) in [7, 11) is 0. The van der Waals surface area contributed by atoms with E-state index < -0.39 is 17.3 Å². The number of hydrogen-bond donors (Lipinski definition) is 2. The fourth-order valence-corrected chi connectivity index (χ4v) is 3.50. The van der Waals surface area contributed by atoms with Gasteiger partial charge in [0.2, 0.25) is 5.95 Å². The molecule has 34 heavy (non-hydrogen) atoms. The number of nitrogens with zero attached hydrogens (tertiary/aromatic N) is 5. The summed E-state index contributed by atoms with van der Waals surface area (Å²) in [6, 6.07) is 6.85. The van der Waals surface area contributed by atoms with Gasteiger partial charge >= 0.3 is 6.18 Å². The van der Waals surface area contributed by atoms with Gasteiger partial charge in [-0.05, 0) is 38.1 Å². The van der Waals surface area contributed by atoms with Gasteiger partial charge in [0.05, 0.1) is 25.0 Å². The van der Waals surface area contributed by atoms with Gasteiger partial charge in [0, 0.05) is 41.4 Å². The van der Waals surface area contributed by atoms with Crippen molar-refractivity contribution in [3.05, 3.63) is 48.4 Å². The van der Waals surface area contributed by atoms with E-state index in [-0.39, 0.29) is 29.7 Å². The first-order valence-corrected chi connectivity index (χ1v) is 10.5. The number of amides is 1. The zero-order chi connectivity index (χ0) is 24.5. The van der Waals surface area contributed by atoms with Crippen molar-refractivity contribution in [3.63, 3.8) is 0 Å². The van der Waals surface area contributed by atoms with Crippen LogP contribution in [0.5, 0.6) is 0 Å². The number of nitrogens with one attached hydrogen (secondary N) is 1. The van der Waals surface area contributed by atoms with E-state index in [2.05, 4.69) is 20.4 Å². The Hall–Kier alpha value is -3.51. The molecular formula is C22H24F3N7O2. The number of nitrogens with two attached hydrogens (primary N) is 1. The maximum Gasteiger partial charge on any atom is 0.419 e. The summed E-state index contributed by atoms with van der Waals surface area (Å²) < 4.78 is 47.5. The summed E-state index contributed by atoms with van der Waals surface area (Å²) in [4.78, 5) is 21.6. The van der Waals surface area contributed by atoms with E-state index in [1.165, 1.54) is 17.1 Å². The summed E-state index contributed by atoms with van der Waals surface area (Å²) in [5, 5.41) is 7.04. The van der Waals surface area contributed by atoms with Crippen LogP contribution < -0.4 is 16.0 Å². The number of anilines is 3. The molecule has 0 atom stereocenters. The van der Waals surface area contributed by atoms with Gasteiger partial charge in [-0.3, -0.25) is 9.48 Å². The lowest BCUT2D eigenvalue weighted by atomic mass is 10.1. The number of carbonyl (C=O) groups excluding carboxylic acids is 1. The Morgan fingerprint density at radius 1 is 1.18 bits per heavy atom. The second-order valence-corrected chi connectivity index (χ2v) is 8.64. The average molecular weight is 475 g/mol. The lowest BCUT2D eigenvalue weighted by Gasteiger charge is -2.26. The van der Waals surface area contributed by atoms with Crippen LogP contribution >= 0.6 is 0 Å². The Bertz CT molecular complexity index is 1170. The van der Waals surface area contributed by atoms with E-state index >= 15 is 0 Å². The fourth-order valence-electron chi connectivity index (χ4n) is 3.50. The Kier molecular flexibility index (Phi) is 6.28. The molecule has 1 aliphatic rings. The molecule has 9 nitrogen and oxygen atoms in total. The third kappa shape index (κ3) is 5.51. The third-order valence-corrected chi connectivity index (χ3v) is 4.99. The molecule has 1 fully saturated rings. The Balaban J connectivity index is 1.59. The molecule has 0 saturated carbocycles. The van der Waals surface area contributed by atoms with Gasteiger partial charge in [-0.25, -0.2) is 9.97 Å². The van der Waals surface area contributed by atoms with Crippen molar-refractivity contribution >= 4 is 23.2 Å². The molecule has 180 valence electrons. The first kappa shape index (κ1) is 23.6. The summed E-state index contributed by atoms with van der Waals surface area (Å²) in [6.45, 7) is 4.84. The number of rotatable bonds is 6. The number of carbonyl (C=O) groups is 1. The van der Waals surface area contributed by atoms with Crippen LogP contribution in [0.1, 0.15) is 19.4 Å². The molecule has 3 heterocycles. The summed E-state index contributed by atoms with van der Waals surface area (Å²) >= 11 is 0. The van der Waals surface area contributed by atoms with E-state index in [1.807, 2.05) is 0 Å². The van der Waals surface area contributed by atoms with Crippen LogP contribution in [0.15, 0.2) is 42.9 Å². The van der Waals surface area contributed by atoms with Gasteiger partial charge in [0.25, 0.3) is 5.91 Å². The van der Waals surface area contributed by atoms with E-state index in [0.717, 1.165) is 6.20 Å². The molecule has 12 heteroatoms. The summed E-state index contributed by atoms with van der Waals surface area (Å²) in [5.41, 5.74) is 5.58. The van der Waals surface area contributed by atoms with Gasteiger partial charge in [-0.15, -0.1) is 0 Å². The van der Waals surface area contributed by atoms with Crippen LogP contribution in [0.4, 0.5) is 30.5 Å². The second kappa shape index (κ2) is 9.03. The predicted octanol–water partition coefficient (Wildman–Crippen LogP) is 3.20. The standard InChI is InChI=1S/C22H24F3N7O2/c1-21(2,26)13-31-11-14(9-28-31)19-17(22(23,24)25)10-27-20(30-19)29-15-3-5-16(6-4-15)32-7-8-34-12-18(32)33/h3-6,9-11H,7-8,12-13,26H2,1-2H3,(H,27,29,30). The molecule has 0 bridgehead atoms. The van der Waals surface area contributed by atoms with E-state index in [4.69, 9.17) is 10.5 Å². The summed E-state index contributed by atoms with van der Waals surface area (Å²) in [5.74, 6) is -0.147. The number of hydrogen-bond acceptors (Lipinski definition) is 7. The van der Waals surface area contributed by atoms with Crippen molar-refractivity contribution in [3.8, 4) is 11.3 Å². The normalized spacial score (nSPS) is 15.0. The van der Waals surface area contributed by atoms with Crippen molar-refractivity contribution < 1.29 is 22.7 Å². The van der Waals surface area contributed by atoms with Crippen LogP contribution in [0.25, 0.3) is 11.3 Å². The summed E-state index contributed by atoms with van der Waals surface area (Å²) in [6.07, 6.45) is -1.10. The Labute approximate surface area is 193 Å². The number of alkyl halides is 3. The lowest BCUT2D eigenvalue weighted by Crippen LogP contribution is -2.41.